The van der Waals surface area contributed by atoms with Gasteiger partial charge in [-0.1, -0.05) is 13.8 Å². The summed E-state index contributed by atoms with van der Waals surface area (Å²) in [6, 6.07) is 0. The van der Waals surface area contributed by atoms with Crippen LogP contribution in [0.1, 0.15) is 40.5 Å². The summed E-state index contributed by atoms with van der Waals surface area (Å²) in [6.45, 7) is 9.19. The summed E-state index contributed by atoms with van der Waals surface area (Å²) < 4.78 is 10.3. The summed E-state index contributed by atoms with van der Waals surface area (Å²) in [7, 11) is 0. The van der Waals surface area contributed by atoms with Crippen LogP contribution in [0.5, 0.6) is 0 Å². The van der Waals surface area contributed by atoms with Crippen LogP contribution in [0.25, 0.3) is 0 Å². The molecule has 0 aromatic carbocycles. The molecule has 0 amide bonds. The van der Waals surface area contributed by atoms with E-state index in [1.807, 2.05) is 13.8 Å². The van der Waals surface area contributed by atoms with Crippen LogP contribution < -0.4 is 0 Å². The highest BCUT2D eigenvalue weighted by atomic mass is 16.5. The monoisotopic (exact) mass is 202 g/mol. The second-order valence-electron chi connectivity index (χ2n) is 4.08. The zero-order valence-electron chi connectivity index (χ0n) is 9.71. The number of ether oxygens (including phenoxy) is 2. The predicted octanol–water partition coefficient (Wildman–Crippen LogP) is 2.39. The summed E-state index contributed by atoms with van der Waals surface area (Å²) in [5, 5.41) is 0. The Balaban J connectivity index is 3.23. The molecule has 0 aromatic heterocycles. The topological polar surface area (TPSA) is 35.5 Å². The predicted molar refractivity (Wildman–Crippen MR) is 56.1 cm³/mol. The zero-order valence-corrected chi connectivity index (χ0v) is 9.71. The third-order valence-corrected chi connectivity index (χ3v) is 1.66. The Bertz CT molecular complexity index is 153. The van der Waals surface area contributed by atoms with Gasteiger partial charge in [-0.15, -0.1) is 0 Å². The van der Waals surface area contributed by atoms with E-state index >= 15 is 0 Å². The first-order chi connectivity index (χ1) is 6.52. The molecule has 0 aliphatic rings. The van der Waals surface area contributed by atoms with Gasteiger partial charge in [0.15, 0.2) is 0 Å². The molecule has 0 aliphatic carbocycles. The van der Waals surface area contributed by atoms with E-state index in [1.54, 1.807) is 0 Å². The van der Waals surface area contributed by atoms with Crippen LogP contribution in [-0.4, -0.2) is 25.3 Å². The second-order valence-corrected chi connectivity index (χ2v) is 4.08. The Morgan fingerprint density at radius 1 is 1.14 bits per heavy atom. The van der Waals surface area contributed by atoms with Gasteiger partial charge in [0.2, 0.25) is 0 Å². The Morgan fingerprint density at radius 3 is 2.29 bits per heavy atom. The number of rotatable bonds is 7. The average Bonchev–Trinajstić information content (AvgIpc) is 2.01. The fourth-order valence-corrected chi connectivity index (χ4v) is 0.898. The smallest absolute Gasteiger partial charge is 0.308 e. The van der Waals surface area contributed by atoms with Crippen molar-refractivity contribution in [2.45, 2.75) is 46.6 Å². The van der Waals surface area contributed by atoms with Gasteiger partial charge in [0.05, 0.1) is 19.1 Å². The van der Waals surface area contributed by atoms with Crippen molar-refractivity contribution in [3.05, 3.63) is 0 Å². The molecular formula is C11H22O3. The lowest BCUT2D eigenvalue weighted by atomic mass is 10.1. The summed E-state index contributed by atoms with van der Waals surface area (Å²) in [6.07, 6.45) is 1.37. The van der Waals surface area contributed by atoms with Crippen LogP contribution in [0.15, 0.2) is 0 Å². The number of hydrogen-bond acceptors (Lipinski definition) is 3. The first-order valence-electron chi connectivity index (χ1n) is 5.29. The highest BCUT2D eigenvalue weighted by Crippen LogP contribution is 2.00. The van der Waals surface area contributed by atoms with Crippen molar-refractivity contribution < 1.29 is 14.3 Å². The molecule has 0 fully saturated rings. The second kappa shape index (κ2) is 7.80. The molecule has 0 saturated heterocycles. The van der Waals surface area contributed by atoms with Crippen molar-refractivity contribution in [1.29, 1.82) is 0 Å². The van der Waals surface area contributed by atoms with Gasteiger partial charge in [-0.25, -0.2) is 0 Å². The molecule has 3 heteroatoms. The SMILES string of the molecule is CC(C)CCOCCC(=O)OC(C)C. The molecule has 0 unspecified atom stereocenters. The van der Waals surface area contributed by atoms with E-state index < -0.39 is 0 Å². The Hall–Kier alpha value is -0.570. The van der Waals surface area contributed by atoms with Gasteiger partial charge in [-0.3, -0.25) is 4.79 Å². The maximum Gasteiger partial charge on any atom is 0.308 e. The minimum atomic E-state index is -0.176. The zero-order chi connectivity index (χ0) is 11.0. The van der Waals surface area contributed by atoms with Gasteiger partial charge in [0.1, 0.15) is 0 Å². The van der Waals surface area contributed by atoms with Gasteiger partial charge in [0, 0.05) is 6.61 Å². The van der Waals surface area contributed by atoms with E-state index in [2.05, 4.69) is 13.8 Å². The molecule has 3 nitrogen and oxygen atoms in total. The number of carbonyl (C=O) groups is 1. The fourth-order valence-electron chi connectivity index (χ4n) is 0.898. The van der Waals surface area contributed by atoms with E-state index in [0.717, 1.165) is 13.0 Å². The maximum atomic E-state index is 11.0. The van der Waals surface area contributed by atoms with Crippen molar-refractivity contribution in [1.82, 2.24) is 0 Å². The van der Waals surface area contributed by atoms with Crippen LogP contribution >= 0.6 is 0 Å². The standard InChI is InChI=1S/C11H22O3/c1-9(2)5-7-13-8-6-11(12)14-10(3)4/h9-10H,5-8H2,1-4H3. The number of esters is 1. The van der Waals surface area contributed by atoms with Crippen LogP contribution in [-0.2, 0) is 14.3 Å². The number of carbonyl (C=O) groups excluding carboxylic acids is 1. The van der Waals surface area contributed by atoms with Crippen molar-refractivity contribution >= 4 is 5.97 Å². The molecule has 0 heterocycles. The Morgan fingerprint density at radius 2 is 1.79 bits per heavy atom. The van der Waals surface area contributed by atoms with Crippen LogP contribution in [0, 0.1) is 5.92 Å². The molecule has 0 aromatic rings. The van der Waals surface area contributed by atoms with Gasteiger partial charge >= 0.3 is 5.97 Å². The molecule has 0 N–H and O–H groups in total. The van der Waals surface area contributed by atoms with E-state index in [9.17, 15) is 4.79 Å². The molecule has 0 aliphatic heterocycles. The third-order valence-electron chi connectivity index (χ3n) is 1.66. The summed E-state index contributed by atoms with van der Waals surface area (Å²) in [4.78, 5) is 11.0. The van der Waals surface area contributed by atoms with Gasteiger partial charge in [0.25, 0.3) is 0 Å². The maximum absolute atomic E-state index is 11.0. The highest BCUT2D eigenvalue weighted by molar-refractivity contribution is 5.69. The summed E-state index contributed by atoms with van der Waals surface area (Å²) >= 11 is 0. The average molecular weight is 202 g/mol. The summed E-state index contributed by atoms with van der Waals surface area (Å²) in [5.41, 5.74) is 0. The lowest BCUT2D eigenvalue weighted by molar-refractivity contribution is -0.148. The summed E-state index contributed by atoms with van der Waals surface area (Å²) in [5.74, 6) is 0.474. The van der Waals surface area contributed by atoms with E-state index in [0.29, 0.717) is 18.9 Å². The fraction of sp³-hybridized carbons (Fsp3) is 0.909. The first-order valence-corrected chi connectivity index (χ1v) is 5.29. The van der Waals surface area contributed by atoms with Crippen molar-refractivity contribution in [3.8, 4) is 0 Å². The molecule has 0 atom stereocenters. The molecule has 0 saturated carbocycles. The lowest BCUT2D eigenvalue weighted by Crippen LogP contribution is -2.13. The Kier molecular flexibility index (Phi) is 7.48. The Labute approximate surface area is 86.8 Å². The van der Waals surface area contributed by atoms with Crippen LogP contribution in [0.3, 0.4) is 0 Å². The van der Waals surface area contributed by atoms with E-state index in [1.165, 1.54) is 0 Å². The van der Waals surface area contributed by atoms with Gasteiger partial charge in [-0.05, 0) is 26.2 Å². The number of hydrogen-bond donors (Lipinski definition) is 0. The van der Waals surface area contributed by atoms with Gasteiger partial charge < -0.3 is 9.47 Å². The van der Waals surface area contributed by atoms with Crippen LogP contribution in [0.2, 0.25) is 0 Å². The minimum absolute atomic E-state index is 0.0295. The largest absolute Gasteiger partial charge is 0.463 e. The highest BCUT2D eigenvalue weighted by Gasteiger charge is 2.04. The quantitative estimate of drug-likeness (QED) is 0.469. The van der Waals surface area contributed by atoms with E-state index in [4.69, 9.17) is 9.47 Å². The lowest BCUT2D eigenvalue weighted by Gasteiger charge is -2.08. The molecule has 84 valence electrons. The first kappa shape index (κ1) is 13.4. The van der Waals surface area contributed by atoms with Crippen molar-refractivity contribution in [2.75, 3.05) is 13.2 Å². The molecule has 0 radical (unpaired) electrons. The van der Waals surface area contributed by atoms with E-state index in [-0.39, 0.29) is 12.1 Å². The van der Waals surface area contributed by atoms with Crippen molar-refractivity contribution in [3.63, 3.8) is 0 Å². The van der Waals surface area contributed by atoms with Crippen LogP contribution in [0.4, 0.5) is 0 Å². The van der Waals surface area contributed by atoms with Crippen molar-refractivity contribution in [2.24, 2.45) is 5.92 Å². The molecule has 0 spiro atoms. The minimum Gasteiger partial charge on any atom is -0.463 e. The normalized spacial score (nSPS) is 11.0. The molecular weight excluding hydrogens is 180 g/mol. The molecule has 0 rings (SSSR count). The molecule has 14 heavy (non-hydrogen) atoms. The van der Waals surface area contributed by atoms with Gasteiger partial charge in [-0.2, -0.15) is 0 Å². The molecule has 0 bridgehead atoms. The third kappa shape index (κ3) is 9.52.